The number of terminal acetylenes is 1. The van der Waals surface area contributed by atoms with Gasteiger partial charge in [-0.3, -0.25) is 9.36 Å². The summed E-state index contributed by atoms with van der Waals surface area (Å²) in [5, 5.41) is 9.71. The van der Waals surface area contributed by atoms with E-state index in [0.717, 1.165) is 0 Å². The van der Waals surface area contributed by atoms with Crippen molar-refractivity contribution in [3.63, 3.8) is 0 Å². The molecule has 5 heteroatoms. The molecular weight excluding hydrogens is 295 g/mol. The summed E-state index contributed by atoms with van der Waals surface area (Å²) in [5.74, 6) is 2.41. The Labute approximate surface area is 126 Å². The molecule has 1 aromatic heterocycles. The molecule has 2 rings (SSSR count). The molecule has 0 amide bonds. The van der Waals surface area contributed by atoms with Crippen LogP contribution in [0.3, 0.4) is 0 Å². The molecule has 0 fully saturated rings. The summed E-state index contributed by atoms with van der Waals surface area (Å²) in [6.07, 6.45) is 5.28. The molecule has 1 heterocycles. The van der Waals surface area contributed by atoms with Crippen molar-refractivity contribution >= 4 is 23.2 Å². The average molecular weight is 303 g/mol. The molecule has 0 saturated heterocycles. The first kappa shape index (κ1) is 14.2. The molecule has 0 aliphatic rings. The van der Waals surface area contributed by atoms with E-state index in [1.54, 1.807) is 24.3 Å². The number of aromatic nitrogens is 1. The van der Waals surface area contributed by atoms with Crippen molar-refractivity contribution in [3.8, 4) is 29.7 Å². The zero-order chi connectivity index (χ0) is 14.7. The maximum Gasteiger partial charge on any atom is 0.269 e. The van der Waals surface area contributed by atoms with Crippen molar-refractivity contribution in [2.24, 2.45) is 0 Å². The minimum absolute atomic E-state index is 0.0454. The van der Waals surface area contributed by atoms with E-state index in [0.29, 0.717) is 21.3 Å². The van der Waals surface area contributed by atoms with Crippen LogP contribution in [-0.4, -0.2) is 4.57 Å². The largest absolute Gasteiger partial charge is 0.296 e. The summed E-state index contributed by atoms with van der Waals surface area (Å²) < 4.78 is 1.36. The molecule has 0 radical (unpaired) electrons. The van der Waals surface area contributed by atoms with Gasteiger partial charge in [0.2, 0.25) is 0 Å². The van der Waals surface area contributed by atoms with Gasteiger partial charge < -0.3 is 0 Å². The number of rotatable bonds is 2. The first-order valence-electron chi connectivity index (χ1n) is 5.61. The summed E-state index contributed by atoms with van der Waals surface area (Å²) >= 11 is 11.9. The van der Waals surface area contributed by atoms with E-state index >= 15 is 0 Å². The van der Waals surface area contributed by atoms with Gasteiger partial charge in [-0.05, 0) is 29.8 Å². The van der Waals surface area contributed by atoms with Crippen molar-refractivity contribution in [3.05, 3.63) is 56.3 Å². The number of halogens is 2. The number of nitriles is 1. The van der Waals surface area contributed by atoms with E-state index in [4.69, 9.17) is 34.9 Å². The highest BCUT2D eigenvalue weighted by molar-refractivity contribution is 6.42. The van der Waals surface area contributed by atoms with Crippen LogP contribution in [-0.2, 0) is 6.54 Å². The van der Waals surface area contributed by atoms with Gasteiger partial charge in [-0.25, -0.2) is 0 Å². The molecule has 0 aliphatic carbocycles. The first-order chi connectivity index (χ1) is 9.58. The van der Waals surface area contributed by atoms with Crippen LogP contribution in [0.5, 0.6) is 0 Å². The summed E-state index contributed by atoms with van der Waals surface area (Å²) in [6, 6.07) is 10.0. The van der Waals surface area contributed by atoms with Gasteiger partial charge in [0.25, 0.3) is 5.56 Å². The second-order valence-corrected chi connectivity index (χ2v) is 4.78. The number of hydrogen-bond acceptors (Lipinski definition) is 2. The van der Waals surface area contributed by atoms with Gasteiger partial charge in [0, 0.05) is 0 Å². The van der Waals surface area contributed by atoms with Gasteiger partial charge in [0.05, 0.1) is 22.3 Å². The maximum atomic E-state index is 12.1. The monoisotopic (exact) mass is 302 g/mol. The van der Waals surface area contributed by atoms with Crippen LogP contribution in [0.1, 0.15) is 5.56 Å². The summed E-state index contributed by atoms with van der Waals surface area (Å²) in [4.78, 5) is 12.1. The molecule has 0 bridgehead atoms. The highest BCUT2D eigenvalue weighted by atomic mass is 35.5. The van der Waals surface area contributed by atoms with Crippen LogP contribution in [0.25, 0.3) is 11.3 Å². The third-order valence-corrected chi connectivity index (χ3v) is 3.50. The van der Waals surface area contributed by atoms with Crippen LogP contribution in [0.15, 0.2) is 35.1 Å². The summed E-state index contributed by atoms with van der Waals surface area (Å²) in [7, 11) is 0. The third-order valence-electron chi connectivity index (χ3n) is 2.76. The molecule has 0 saturated carbocycles. The second-order valence-electron chi connectivity index (χ2n) is 3.97. The van der Waals surface area contributed by atoms with Crippen molar-refractivity contribution < 1.29 is 0 Å². The minimum atomic E-state index is -0.422. The van der Waals surface area contributed by atoms with Crippen LogP contribution in [0.2, 0.25) is 10.0 Å². The van der Waals surface area contributed by atoms with E-state index in [9.17, 15) is 4.79 Å². The Kier molecular flexibility index (Phi) is 4.15. The fraction of sp³-hybridized carbons (Fsp3) is 0.0667. The summed E-state index contributed by atoms with van der Waals surface area (Å²) in [5.41, 5.74) is 0.917. The van der Waals surface area contributed by atoms with Gasteiger partial charge in [-0.2, -0.15) is 5.26 Å². The standard InChI is InChI=1S/C15H8Cl2N2O/c1-2-7-19-14(6-4-11(9-18)15(19)20)10-3-5-12(16)13(17)8-10/h1,3-6,8H,7H2. The molecule has 3 nitrogen and oxygen atoms in total. The van der Waals surface area contributed by atoms with Crippen LogP contribution >= 0.6 is 23.2 Å². The molecule has 0 unspecified atom stereocenters. The molecule has 98 valence electrons. The molecule has 0 atom stereocenters. The second kappa shape index (κ2) is 5.84. The molecule has 20 heavy (non-hydrogen) atoms. The highest BCUT2D eigenvalue weighted by Gasteiger charge is 2.10. The number of nitrogens with zero attached hydrogens (tertiary/aromatic N) is 2. The number of benzene rings is 1. The molecule has 0 N–H and O–H groups in total. The Morgan fingerprint density at radius 1 is 1.20 bits per heavy atom. The predicted molar refractivity (Wildman–Crippen MR) is 79.7 cm³/mol. The maximum absolute atomic E-state index is 12.1. The lowest BCUT2D eigenvalue weighted by Crippen LogP contribution is -2.23. The highest BCUT2D eigenvalue weighted by Crippen LogP contribution is 2.28. The lowest BCUT2D eigenvalue weighted by Gasteiger charge is -2.11. The summed E-state index contributed by atoms with van der Waals surface area (Å²) in [6.45, 7) is 0.0733. The first-order valence-corrected chi connectivity index (χ1v) is 6.37. The van der Waals surface area contributed by atoms with Gasteiger partial charge in [0.15, 0.2) is 0 Å². The SMILES string of the molecule is C#CCn1c(-c2ccc(Cl)c(Cl)c2)ccc(C#N)c1=O. The Balaban J connectivity index is 2.71. The van der Waals surface area contributed by atoms with Gasteiger partial charge in [-0.1, -0.05) is 35.2 Å². The molecular formula is C15H8Cl2N2O. The predicted octanol–water partition coefficient (Wildman–Crippen LogP) is 3.33. The Morgan fingerprint density at radius 3 is 2.55 bits per heavy atom. The molecule has 1 aromatic carbocycles. The zero-order valence-electron chi connectivity index (χ0n) is 10.2. The molecule has 0 spiro atoms. The van der Waals surface area contributed by atoms with Crippen LogP contribution < -0.4 is 5.56 Å². The Hall–Kier alpha value is -2.20. The zero-order valence-corrected chi connectivity index (χ0v) is 11.7. The van der Waals surface area contributed by atoms with Crippen molar-refractivity contribution in [1.82, 2.24) is 4.57 Å². The lowest BCUT2D eigenvalue weighted by atomic mass is 10.1. The van der Waals surface area contributed by atoms with E-state index in [1.807, 2.05) is 6.07 Å². The van der Waals surface area contributed by atoms with Crippen molar-refractivity contribution in [2.75, 3.05) is 0 Å². The van der Waals surface area contributed by atoms with Crippen LogP contribution in [0, 0.1) is 23.7 Å². The van der Waals surface area contributed by atoms with Crippen molar-refractivity contribution in [2.45, 2.75) is 6.54 Å². The third kappa shape index (κ3) is 2.56. The van der Waals surface area contributed by atoms with Gasteiger partial charge in [-0.15, -0.1) is 6.42 Å². The van der Waals surface area contributed by atoms with Crippen LogP contribution in [0.4, 0.5) is 0 Å². The van der Waals surface area contributed by atoms with E-state index in [1.165, 1.54) is 10.6 Å². The van der Waals surface area contributed by atoms with E-state index in [-0.39, 0.29) is 12.1 Å². The number of pyridine rings is 1. The molecule has 2 aromatic rings. The normalized spacial score (nSPS) is 9.80. The quantitative estimate of drug-likeness (QED) is 0.799. The fourth-order valence-electron chi connectivity index (χ4n) is 1.82. The van der Waals surface area contributed by atoms with Gasteiger partial charge >= 0.3 is 0 Å². The van der Waals surface area contributed by atoms with E-state index in [2.05, 4.69) is 5.92 Å². The smallest absolute Gasteiger partial charge is 0.269 e. The van der Waals surface area contributed by atoms with Gasteiger partial charge in [0.1, 0.15) is 11.6 Å². The van der Waals surface area contributed by atoms with E-state index < -0.39 is 5.56 Å². The lowest BCUT2D eigenvalue weighted by molar-refractivity contribution is 0.802. The average Bonchev–Trinajstić information content (AvgIpc) is 2.44. The Morgan fingerprint density at radius 2 is 1.95 bits per heavy atom. The fourth-order valence-corrected chi connectivity index (χ4v) is 2.12. The minimum Gasteiger partial charge on any atom is -0.296 e. The Bertz CT molecular complexity index is 810. The number of hydrogen-bond donors (Lipinski definition) is 0. The topological polar surface area (TPSA) is 45.8 Å². The molecule has 0 aliphatic heterocycles. The van der Waals surface area contributed by atoms with Crippen molar-refractivity contribution in [1.29, 1.82) is 5.26 Å².